The van der Waals surface area contributed by atoms with Crippen molar-refractivity contribution in [3.63, 3.8) is 0 Å². The highest BCUT2D eigenvalue weighted by molar-refractivity contribution is 9.11. The third-order valence-corrected chi connectivity index (χ3v) is 4.47. The van der Waals surface area contributed by atoms with Crippen molar-refractivity contribution in [3.05, 3.63) is 20.1 Å². The van der Waals surface area contributed by atoms with E-state index in [9.17, 15) is 0 Å². The summed E-state index contributed by atoms with van der Waals surface area (Å²) in [5.41, 5.74) is 0.585. The van der Waals surface area contributed by atoms with Crippen LogP contribution < -0.4 is 0 Å². The number of H-pyrrole nitrogens is 1. The van der Waals surface area contributed by atoms with E-state index in [1.54, 1.807) is 0 Å². The predicted octanol–water partition coefficient (Wildman–Crippen LogP) is 2.93. The van der Waals surface area contributed by atoms with Crippen molar-refractivity contribution in [2.45, 2.75) is 0 Å². The fraction of sp³-hybridized carbons (Fsp3) is 0. The average molecular weight is 334 g/mol. The second kappa shape index (κ2) is 3.81. The monoisotopic (exact) mass is 332 g/mol. The lowest BCUT2D eigenvalue weighted by molar-refractivity contribution is 1.10. The lowest BCUT2D eigenvalue weighted by Crippen LogP contribution is -1.77. The van der Waals surface area contributed by atoms with E-state index in [1.165, 1.54) is 17.7 Å². The molecule has 0 atom stereocenters. The van der Waals surface area contributed by atoms with Crippen molar-refractivity contribution < 1.29 is 0 Å². The summed E-state index contributed by atoms with van der Waals surface area (Å²) in [6, 6.07) is 2.10. The van der Waals surface area contributed by atoms with Crippen LogP contribution in [0.1, 0.15) is 5.56 Å². The minimum Gasteiger partial charge on any atom is -0.327 e. The molecule has 0 unspecified atom stereocenters. The van der Waals surface area contributed by atoms with Crippen LogP contribution in [0.2, 0.25) is 0 Å². The van der Waals surface area contributed by atoms with Gasteiger partial charge in [0, 0.05) is 0 Å². The van der Waals surface area contributed by atoms with Crippen LogP contribution in [-0.2, 0) is 0 Å². The van der Waals surface area contributed by atoms with Gasteiger partial charge in [0.2, 0.25) is 0 Å². The molecule has 0 aromatic carbocycles. The largest absolute Gasteiger partial charge is 0.327 e. The molecule has 0 aliphatic heterocycles. The number of nitriles is 1. The highest BCUT2D eigenvalue weighted by Gasteiger charge is 2.17. The number of nitrogens with one attached hydrogen (secondary N) is 1. The van der Waals surface area contributed by atoms with Crippen LogP contribution in [0.3, 0.4) is 0 Å². The van der Waals surface area contributed by atoms with E-state index >= 15 is 0 Å². The molecular formula is C7H2Br2N4S. The van der Waals surface area contributed by atoms with Gasteiger partial charge in [-0.15, -0.1) is 21.5 Å². The minimum absolute atomic E-state index is 0.585. The molecule has 0 spiro atoms. The Kier molecular flexibility index (Phi) is 2.67. The topological polar surface area (TPSA) is 65.4 Å². The molecule has 0 fully saturated rings. The van der Waals surface area contributed by atoms with Gasteiger partial charge in [0.1, 0.15) is 12.4 Å². The quantitative estimate of drug-likeness (QED) is 0.872. The molecule has 2 heterocycles. The summed E-state index contributed by atoms with van der Waals surface area (Å²) in [6.07, 6.45) is 1.50. The molecule has 0 aliphatic carbocycles. The highest BCUT2D eigenvalue weighted by atomic mass is 79.9. The van der Waals surface area contributed by atoms with E-state index in [4.69, 9.17) is 5.26 Å². The molecular weight excluding hydrogens is 332 g/mol. The number of aromatic amines is 1. The van der Waals surface area contributed by atoms with E-state index in [0.29, 0.717) is 11.4 Å². The molecule has 7 heteroatoms. The summed E-state index contributed by atoms with van der Waals surface area (Å²) in [5.74, 6) is 0.657. The number of thiophene rings is 1. The third kappa shape index (κ3) is 1.49. The molecule has 0 saturated heterocycles. The molecule has 0 radical (unpaired) electrons. The number of hydrogen-bond donors (Lipinski definition) is 1. The summed E-state index contributed by atoms with van der Waals surface area (Å²) in [5, 5.41) is 16.4. The summed E-state index contributed by atoms with van der Waals surface area (Å²) in [6.45, 7) is 0. The molecule has 2 rings (SSSR count). The van der Waals surface area contributed by atoms with Crippen LogP contribution in [0, 0.1) is 11.3 Å². The maximum atomic E-state index is 8.86. The van der Waals surface area contributed by atoms with Gasteiger partial charge in [0.15, 0.2) is 5.82 Å². The van der Waals surface area contributed by atoms with Gasteiger partial charge in [-0.2, -0.15) is 5.26 Å². The van der Waals surface area contributed by atoms with Gasteiger partial charge < -0.3 is 4.98 Å². The molecule has 0 amide bonds. The highest BCUT2D eigenvalue weighted by Crippen LogP contribution is 2.41. The average Bonchev–Trinajstić information content (AvgIpc) is 2.74. The smallest absolute Gasteiger partial charge is 0.172 e. The molecule has 0 saturated carbocycles. The first-order valence-corrected chi connectivity index (χ1v) is 5.88. The van der Waals surface area contributed by atoms with Crippen LogP contribution in [0.4, 0.5) is 0 Å². The molecule has 2 aromatic heterocycles. The predicted molar refractivity (Wildman–Crippen MR) is 59.8 cm³/mol. The number of hydrogen-bond acceptors (Lipinski definition) is 4. The Morgan fingerprint density at radius 3 is 2.79 bits per heavy atom. The first kappa shape index (κ1) is 9.83. The first-order chi connectivity index (χ1) is 6.74. The van der Waals surface area contributed by atoms with Crippen molar-refractivity contribution in [1.29, 1.82) is 5.26 Å². The maximum Gasteiger partial charge on any atom is 0.172 e. The second-order valence-corrected chi connectivity index (χ2v) is 5.47. The lowest BCUT2D eigenvalue weighted by Gasteiger charge is -1.89. The molecule has 1 N–H and O–H groups in total. The molecule has 0 bridgehead atoms. The number of halogens is 2. The Bertz CT molecular complexity index is 496. The standard InChI is InChI=1S/C7H2Br2N4S/c8-4-3(1-10)6(9)14-5(4)7-11-2-12-13-7/h2H,(H,11,12,13). The Morgan fingerprint density at radius 2 is 2.29 bits per heavy atom. The molecule has 70 valence electrons. The zero-order chi connectivity index (χ0) is 10.1. The van der Waals surface area contributed by atoms with Crippen molar-refractivity contribution >= 4 is 43.2 Å². The molecule has 0 aliphatic rings. The van der Waals surface area contributed by atoms with Gasteiger partial charge in [-0.05, 0) is 31.9 Å². The number of nitrogens with zero attached hydrogens (tertiary/aromatic N) is 3. The van der Waals surface area contributed by atoms with Gasteiger partial charge in [-0.25, -0.2) is 0 Å². The molecule has 14 heavy (non-hydrogen) atoms. The van der Waals surface area contributed by atoms with Crippen LogP contribution in [-0.4, -0.2) is 15.2 Å². The summed E-state index contributed by atoms with van der Waals surface area (Å²) >= 11 is 8.11. The second-order valence-electron chi connectivity index (χ2n) is 2.34. The normalized spacial score (nSPS) is 10.1. The minimum atomic E-state index is 0.585. The summed E-state index contributed by atoms with van der Waals surface area (Å²) in [7, 11) is 0. The van der Waals surface area contributed by atoms with Crippen molar-refractivity contribution in [1.82, 2.24) is 15.2 Å². The Labute approximate surface area is 100 Å². The van der Waals surface area contributed by atoms with E-state index in [1.807, 2.05) is 0 Å². The lowest BCUT2D eigenvalue weighted by atomic mass is 10.3. The first-order valence-electron chi connectivity index (χ1n) is 3.48. The molecule has 4 nitrogen and oxygen atoms in total. The van der Waals surface area contributed by atoms with Crippen molar-refractivity contribution in [2.24, 2.45) is 0 Å². The zero-order valence-corrected chi connectivity index (χ0v) is 10.6. The van der Waals surface area contributed by atoms with Gasteiger partial charge in [0.25, 0.3) is 0 Å². The summed E-state index contributed by atoms with van der Waals surface area (Å²) < 4.78 is 1.53. The van der Waals surface area contributed by atoms with Gasteiger partial charge in [0.05, 0.1) is 18.7 Å². The van der Waals surface area contributed by atoms with E-state index < -0.39 is 0 Å². The Morgan fingerprint density at radius 1 is 1.50 bits per heavy atom. The Balaban J connectivity index is 2.63. The SMILES string of the molecule is N#Cc1c(Br)sc(-c2nnc[nH]2)c1Br. The van der Waals surface area contributed by atoms with Gasteiger partial charge in [-0.3, -0.25) is 0 Å². The zero-order valence-electron chi connectivity index (χ0n) is 6.58. The van der Waals surface area contributed by atoms with Crippen LogP contribution in [0.5, 0.6) is 0 Å². The molecule has 2 aromatic rings. The summed E-state index contributed by atoms with van der Waals surface area (Å²) in [4.78, 5) is 3.75. The fourth-order valence-electron chi connectivity index (χ4n) is 0.947. The van der Waals surface area contributed by atoms with Gasteiger partial charge in [-0.1, -0.05) is 0 Å². The van der Waals surface area contributed by atoms with Crippen LogP contribution in [0.15, 0.2) is 14.6 Å². The van der Waals surface area contributed by atoms with E-state index in [-0.39, 0.29) is 0 Å². The van der Waals surface area contributed by atoms with E-state index in [2.05, 4.69) is 53.1 Å². The third-order valence-electron chi connectivity index (χ3n) is 1.55. The van der Waals surface area contributed by atoms with Crippen molar-refractivity contribution in [3.8, 4) is 16.8 Å². The Hall–Kier alpha value is -0.710. The number of rotatable bonds is 1. The van der Waals surface area contributed by atoms with Crippen molar-refractivity contribution in [2.75, 3.05) is 0 Å². The number of aromatic nitrogens is 3. The van der Waals surface area contributed by atoms with E-state index in [0.717, 1.165) is 13.1 Å². The van der Waals surface area contributed by atoms with Crippen LogP contribution in [0.25, 0.3) is 10.7 Å². The van der Waals surface area contributed by atoms with Crippen LogP contribution >= 0.6 is 43.2 Å². The maximum absolute atomic E-state index is 8.86. The van der Waals surface area contributed by atoms with Gasteiger partial charge >= 0.3 is 0 Å². The fourth-order valence-corrected chi connectivity index (χ4v) is 3.65.